The second-order valence-electron chi connectivity index (χ2n) is 7.95. The maximum atomic E-state index is 12.7. The molecule has 0 saturated carbocycles. The lowest BCUT2D eigenvalue weighted by molar-refractivity contribution is -0.151. The van der Waals surface area contributed by atoms with E-state index in [2.05, 4.69) is 13.8 Å². The Morgan fingerprint density at radius 3 is 1.93 bits per heavy atom. The van der Waals surface area contributed by atoms with E-state index in [1.54, 1.807) is 26.8 Å². The fourth-order valence-corrected chi connectivity index (χ4v) is 2.37. The Kier molecular flexibility index (Phi) is 17.5. The number of hydrogen-bond donors (Lipinski definition) is 1. The first-order valence-electron chi connectivity index (χ1n) is 9.90. The molecule has 0 aliphatic rings. The van der Waals surface area contributed by atoms with Crippen LogP contribution in [0.4, 0.5) is 4.39 Å². The minimum atomic E-state index is -0.350. The second-order valence-corrected chi connectivity index (χ2v) is 7.95. The summed E-state index contributed by atoms with van der Waals surface area (Å²) < 4.78 is 17.5. The Morgan fingerprint density at radius 2 is 1.66 bits per heavy atom. The largest absolute Gasteiger partial charge is 0.508 e. The summed E-state index contributed by atoms with van der Waals surface area (Å²) in [6.45, 7) is 16.2. The summed E-state index contributed by atoms with van der Waals surface area (Å²) in [6.07, 6.45) is 4.49. The number of ketones is 1. The van der Waals surface area contributed by atoms with Gasteiger partial charge in [-0.15, -0.1) is 0 Å². The van der Waals surface area contributed by atoms with Crippen molar-refractivity contribution in [1.82, 2.24) is 0 Å². The van der Waals surface area contributed by atoms with Gasteiger partial charge in [-0.2, -0.15) is 0 Å². The molecule has 0 aliphatic heterocycles. The summed E-state index contributed by atoms with van der Waals surface area (Å²) in [5, 5.41) is 9.04. The van der Waals surface area contributed by atoms with Crippen molar-refractivity contribution < 1.29 is 23.8 Å². The summed E-state index contributed by atoms with van der Waals surface area (Å²) in [5.41, 5.74) is 0.720. The highest BCUT2D eigenvalue weighted by atomic mass is 19.1. The van der Waals surface area contributed by atoms with Gasteiger partial charge in [-0.25, -0.2) is 4.39 Å². The fourth-order valence-electron chi connectivity index (χ4n) is 2.37. The number of ether oxygens (including phenoxy) is 1. The van der Waals surface area contributed by atoms with Gasteiger partial charge >= 0.3 is 5.97 Å². The lowest BCUT2D eigenvalue weighted by atomic mass is 9.96. The minimum absolute atomic E-state index is 0. The SMILES string of the molecule is C.CC(=O)OC(C)(C)C.CCCCC(CC)C(C)=O.Cc1cc(O)c(C)c(F)c1. The molecular formula is C24H43FO4. The highest BCUT2D eigenvalue weighted by Crippen LogP contribution is 2.20. The number of hydrogen-bond acceptors (Lipinski definition) is 4. The molecule has 0 radical (unpaired) electrons. The lowest BCUT2D eigenvalue weighted by Crippen LogP contribution is -2.21. The van der Waals surface area contributed by atoms with Crippen molar-refractivity contribution in [2.75, 3.05) is 0 Å². The summed E-state index contributed by atoms with van der Waals surface area (Å²) in [5.74, 6) is 0.142. The van der Waals surface area contributed by atoms with E-state index in [0.29, 0.717) is 17.3 Å². The van der Waals surface area contributed by atoms with Crippen LogP contribution < -0.4 is 0 Å². The first kappa shape index (κ1) is 31.8. The molecule has 0 aromatic heterocycles. The van der Waals surface area contributed by atoms with Gasteiger partial charge in [0.15, 0.2) is 0 Å². The highest BCUT2D eigenvalue weighted by molar-refractivity contribution is 5.78. The fraction of sp³-hybridized carbons (Fsp3) is 0.667. The molecule has 1 unspecified atom stereocenters. The zero-order valence-corrected chi connectivity index (χ0v) is 19.1. The normalized spacial score (nSPS) is 11.0. The van der Waals surface area contributed by atoms with Crippen LogP contribution in [0, 0.1) is 25.6 Å². The van der Waals surface area contributed by atoms with Crippen molar-refractivity contribution in [2.45, 2.75) is 101 Å². The average molecular weight is 415 g/mol. The standard InChI is InChI=1S/C9H18O.C8H9FO.C6H12O2.CH4/c1-4-6-7-9(5-2)8(3)10;1-5-3-7(9)6(2)8(10)4-5;1-5(7)8-6(2,3)4;/h9H,4-7H2,1-3H3;3-4,10H,1-2H3;1-4H3;1H4. The van der Waals surface area contributed by atoms with Crippen LogP contribution in [0.5, 0.6) is 5.75 Å². The van der Waals surface area contributed by atoms with Gasteiger partial charge in [0.1, 0.15) is 23.0 Å². The predicted octanol–water partition coefficient (Wildman–Crippen LogP) is 6.92. The van der Waals surface area contributed by atoms with Gasteiger partial charge in [-0.1, -0.05) is 34.1 Å². The van der Waals surface area contributed by atoms with Crippen LogP contribution in [0.2, 0.25) is 0 Å². The molecule has 1 aromatic carbocycles. The van der Waals surface area contributed by atoms with Crippen molar-refractivity contribution in [2.24, 2.45) is 5.92 Å². The van der Waals surface area contributed by atoms with E-state index >= 15 is 0 Å². The van der Waals surface area contributed by atoms with E-state index in [0.717, 1.165) is 18.4 Å². The van der Waals surface area contributed by atoms with E-state index in [4.69, 9.17) is 9.84 Å². The Hall–Kier alpha value is -1.91. The van der Waals surface area contributed by atoms with Crippen LogP contribution in [0.25, 0.3) is 0 Å². The quantitative estimate of drug-likeness (QED) is 0.531. The zero-order valence-electron chi connectivity index (χ0n) is 19.1. The first-order chi connectivity index (χ1) is 12.7. The highest BCUT2D eigenvalue weighted by Gasteiger charge is 2.11. The van der Waals surface area contributed by atoms with Crippen LogP contribution in [-0.2, 0) is 14.3 Å². The zero-order chi connectivity index (χ0) is 22.5. The minimum Gasteiger partial charge on any atom is -0.508 e. The van der Waals surface area contributed by atoms with Gasteiger partial charge in [0.25, 0.3) is 0 Å². The molecule has 170 valence electrons. The predicted molar refractivity (Wildman–Crippen MR) is 120 cm³/mol. The number of rotatable bonds is 5. The number of unbranched alkanes of at least 4 members (excludes halogenated alkanes) is 1. The Morgan fingerprint density at radius 1 is 1.14 bits per heavy atom. The molecule has 5 heteroatoms. The molecule has 1 rings (SSSR count). The van der Waals surface area contributed by atoms with Gasteiger partial charge in [0, 0.05) is 18.4 Å². The van der Waals surface area contributed by atoms with E-state index in [1.165, 1.54) is 25.8 Å². The molecule has 1 aromatic rings. The number of aromatic hydroxyl groups is 1. The number of benzene rings is 1. The topological polar surface area (TPSA) is 63.6 Å². The summed E-state index contributed by atoms with van der Waals surface area (Å²) >= 11 is 0. The molecule has 4 nitrogen and oxygen atoms in total. The number of carbonyl (C=O) groups excluding carboxylic acids is 2. The van der Waals surface area contributed by atoms with Crippen LogP contribution in [0.15, 0.2) is 12.1 Å². The van der Waals surface area contributed by atoms with Crippen molar-refractivity contribution in [3.05, 3.63) is 29.1 Å². The molecular weight excluding hydrogens is 371 g/mol. The maximum Gasteiger partial charge on any atom is 0.303 e. The Balaban J connectivity index is -0.000000347. The van der Waals surface area contributed by atoms with E-state index in [9.17, 15) is 14.0 Å². The van der Waals surface area contributed by atoms with Crippen LogP contribution in [0.3, 0.4) is 0 Å². The number of phenolic OH excluding ortho intramolecular Hbond substituents is 1. The van der Waals surface area contributed by atoms with Gasteiger partial charge in [-0.05, 0) is 72.1 Å². The van der Waals surface area contributed by atoms with Gasteiger partial charge in [-0.3, -0.25) is 9.59 Å². The molecule has 1 N–H and O–H groups in total. The lowest BCUT2D eigenvalue weighted by Gasteiger charge is -2.17. The molecule has 0 spiro atoms. The number of phenols is 1. The average Bonchev–Trinajstić information content (AvgIpc) is 2.51. The molecule has 29 heavy (non-hydrogen) atoms. The number of esters is 1. The van der Waals surface area contributed by atoms with Gasteiger partial charge in [0.2, 0.25) is 0 Å². The second kappa shape index (κ2) is 15.9. The molecule has 0 heterocycles. The summed E-state index contributed by atoms with van der Waals surface area (Å²) in [7, 11) is 0. The third-order valence-electron chi connectivity index (χ3n) is 3.89. The number of Topliss-reactive ketones (excluding diaryl/α,β-unsaturated/α-hetero) is 1. The molecule has 0 bridgehead atoms. The third kappa shape index (κ3) is 17.9. The van der Waals surface area contributed by atoms with Gasteiger partial charge < -0.3 is 9.84 Å². The number of carbonyl (C=O) groups is 2. The molecule has 0 amide bonds. The first-order valence-corrected chi connectivity index (χ1v) is 9.90. The molecule has 1 atom stereocenters. The number of aryl methyl sites for hydroxylation is 1. The Bertz CT molecular complexity index is 580. The molecule has 0 fully saturated rings. The molecule has 0 aliphatic carbocycles. The van der Waals surface area contributed by atoms with E-state index < -0.39 is 0 Å². The van der Waals surface area contributed by atoms with E-state index in [1.807, 2.05) is 20.8 Å². The van der Waals surface area contributed by atoms with E-state index in [-0.39, 0.29) is 30.6 Å². The van der Waals surface area contributed by atoms with Crippen LogP contribution in [0.1, 0.15) is 92.7 Å². The van der Waals surface area contributed by atoms with Crippen LogP contribution >= 0.6 is 0 Å². The smallest absolute Gasteiger partial charge is 0.303 e. The summed E-state index contributed by atoms with van der Waals surface area (Å²) in [6, 6.07) is 2.94. The number of halogens is 1. The third-order valence-corrected chi connectivity index (χ3v) is 3.89. The van der Waals surface area contributed by atoms with Crippen molar-refractivity contribution >= 4 is 11.8 Å². The summed E-state index contributed by atoms with van der Waals surface area (Å²) in [4.78, 5) is 21.1. The maximum absolute atomic E-state index is 12.7. The van der Waals surface area contributed by atoms with Gasteiger partial charge in [0.05, 0.1) is 0 Å². The van der Waals surface area contributed by atoms with Crippen molar-refractivity contribution in [3.8, 4) is 5.75 Å². The monoisotopic (exact) mass is 414 g/mol. The van der Waals surface area contributed by atoms with Crippen molar-refractivity contribution in [3.63, 3.8) is 0 Å². The van der Waals surface area contributed by atoms with Crippen molar-refractivity contribution in [1.29, 1.82) is 0 Å². The Labute approximate surface area is 177 Å². The van der Waals surface area contributed by atoms with Crippen LogP contribution in [-0.4, -0.2) is 22.5 Å². The molecule has 0 saturated heterocycles.